The van der Waals surface area contributed by atoms with E-state index in [9.17, 15) is 4.79 Å². The van der Waals surface area contributed by atoms with E-state index in [1.165, 1.54) is 0 Å². The normalized spacial score (nSPS) is 11.7. The van der Waals surface area contributed by atoms with Gasteiger partial charge in [-0.3, -0.25) is 4.79 Å². The van der Waals surface area contributed by atoms with Crippen LogP contribution in [-0.2, 0) is 0 Å². The first kappa shape index (κ1) is 11.5. The smallest absolute Gasteiger partial charge is 0.269 e. The van der Waals surface area contributed by atoms with Gasteiger partial charge in [-0.25, -0.2) is 0 Å². The maximum Gasteiger partial charge on any atom is 0.269 e. The lowest BCUT2D eigenvalue weighted by Gasteiger charge is -2.21. The Kier molecular flexibility index (Phi) is 2.58. The van der Waals surface area contributed by atoms with Crippen LogP contribution in [-0.4, -0.2) is 16.5 Å². The number of benzene rings is 1. The number of fused-ring (bicyclic) bond motifs is 1. The van der Waals surface area contributed by atoms with Crippen molar-refractivity contribution >= 4 is 16.8 Å². The zero-order chi connectivity index (χ0) is 12.6. The fraction of sp³-hybridized carbons (Fsp3) is 0.308. The van der Waals surface area contributed by atoms with Crippen LogP contribution in [0.25, 0.3) is 10.9 Å². The van der Waals surface area contributed by atoms with Crippen LogP contribution in [0.4, 0.5) is 0 Å². The fourth-order valence-electron chi connectivity index (χ4n) is 1.70. The molecule has 4 heteroatoms. The molecule has 0 spiro atoms. The Bertz CT molecular complexity index is 564. The molecule has 1 aromatic carbocycles. The Morgan fingerprint density at radius 2 is 1.94 bits per heavy atom. The van der Waals surface area contributed by atoms with Gasteiger partial charge in [0.25, 0.3) is 5.91 Å². The van der Waals surface area contributed by atoms with Crippen LogP contribution in [0.1, 0.15) is 31.3 Å². The zero-order valence-corrected chi connectivity index (χ0v) is 10.2. The van der Waals surface area contributed by atoms with Gasteiger partial charge >= 0.3 is 0 Å². The Labute approximate surface area is 99.8 Å². The average Bonchev–Trinajstić information content (AvgIpc) is 2.55. The fourth-order valence-corrected chi connectivity index (χ4v) is 1.70. The van der Waals surface area contributed by atoms with E-state index in [0.29, 0.717) is 11.4 Å². The summed E-state index contributed by atoms with van der Waals surface area (Å²) in [7, 11) is 0. The molecule has 0 unspecified atom stereocenters. The molecule has 2 rings (SSSR count). The van der Waals surface area contributed by atoms with E-state index < -0.39 is 5.91 Å². The van der Waals surface area contributed by atoms with E-state index >= 15 is 0 Å². The molecule has 17 heavy (non-hydrogen) atoms. The monoisotopic (exact) mass is 232 g/mol. The van der Waals surface area contributed by atoms with Crippen molar-refractivity contribution in [2.24, 2.45) is 5.73 Å². The summed E-state index contributed by atoms with van der Waals surface area (Å²) in [6.45, 7) is 5.79. The molecule has 4 nitrogen and oxygen atoms in total. The highest BCUT2D eigenvalue weighted by Crippen LogP contribution is 2.32. The highest BCUT2D eigenvalue weighted by molar-refractivity contribution is 6.02. The number of nitrogens with one attached hydrogen (secondary N) is 1. The topological polar surface area (TPSA) is 68.1 Å². The largest absolute Gasteiger partial charge is 0.485 e. The minimum atomic E-state index is -0.513. The number of carbonyl (C=O) groups is 1. The minimum absolute atomic E-state index is 0.320. The summed E-state index contributed by atoms with van der Waals surface area (Å²) < 4.78 is 5.82. The quantitative estimate of drug-likeness (QED) is 0.835. The van der Waals surface area contributed by atoms with Crippen LogP contribution in [0.5, 0.6) is 5.75 Å². The predicted molar refractivity (Wildman–Crippen MR) is 67.2 cm³/mol. The van der Waals surface area contributed by atoms with Crippen molar-refractivity contribution in [1.29, 1.82) is 0 Å². The molecule has 1 amide bonds. The highest BCUT2D eigenvalue weighted by atomic mass is 16.5. The number of hydrogen-bond acceptors (Lipinski definition) is 2. The average molecular weight is 232 g/mol. The summed E-state index contributed by atoms with van der Waals surface area (Å²) in [4.78, 5) is 14.4. The number of H-pyrrole nitrogens is 1. The third-order valence-electron chi connectivity index (χ3n) is 2.31. The van der Waals surface area contributed by atoms with Crippen molar-refractivity contribution in [2.45, 2.75) is 26.4 Å². The number of aromatic nitrogens is 1. The SMILES string of the molecule is CC(C)(C)Oc1c(C(N)=O)[nH]c2ccccc12. The number of amides is 1. The predicted octanol–water partition coefficient (Wildman–Crippen LogP) is 2.44. The van der Waals surface area contributed by atoms with E-state index in [2.05, 4.69) is 4.98 Å². The van der Waals surface area contributed by atoms with E-state index in [1.807, 2.05) is 45.0 Å². The van der Waals surface area contributed by atoms with Gasteiger partial charge in [0.05, 0.1) is 0 Å². The van der Waals surface area contributed by atoms with Crippen LogP contribution in [0, 0.1) is 0 Å². The molecule has 0 saturated heterocycles. The van der Waals surface area contributed by atoms with Crippen molar-refractivity contribution < 1.29 is 9.53 Å². The number of aromatic amines is 1. The summed E-state index contributed by atoms with van der Waals surface area (Å²) in [5, 5.41) is 0.872. The standard InChI is InChI=1S/C13H16N2O2/c1-13(2,3)17-11-8-6-4-5-7-9(8)15-10(11)12(14)16/h4-7,15H,1-3H3,(H2,14,16). The van der Waals surface area contributed by atoms with E-state index in [-0.39, 0.29) is 5.60 Å². The third kappa shape index (κ3) is 2.25. The molecule has 0 bridgehead atoms. The molecular formula is C13H16N2O2. The van der Waals surface area contributed by atoms with Gasteiger partial charge in [-0.1, -0.05) is 12.1 Å². The molecule has 0 atom stereocenters. The Morgan fingerprint density at radius 3 is 2.53 bits per heavy atom. The van der Waals surface area contributed by atoms with Gasteiger partial charge in [0.1, 0.15) is 11.3 Å². The molecule has 1 aromatic heterocycles. The van der Waals surface area contributed by atoms with Gasteiger partial charge in [-0.2, -0.15) is 0 Å². The molecule has 0 radical (unpaired) electrons. The van der Waals surface area contributed by atoms with Gasteiger partial charge in [0, 0.05) is 10.9 Å². The van der Waals surface area contributed by atoms with Crippen molar-refractivity contribution in [1.82, 2.24) is 4.98 Å². The summed E-state index contributed by atoms with van der Waals surface area (Å²) in [5.41, 5.74) is 6.14. The second-order valence-electron chi connectivity index (χ2n) is 4.95. The first-order chi connectivity index (χ1) is 7.88. The Balaban J connectivity index is 2.64. The van der Waals surface area contributed by atoms with E-state index in [1.54, 1.807) is 0 Å². The molecular weight excluding hydrogens is 216 g/mol. The molecule has 1 heterocycles. The minimum Gasteiger partial charge on any atom is -0.485 e. The zero-order valence-electron chi connectivity index (χ0n) is 10.2. The summed E-state index contributed by atoms with van der Waals surface area (Å²) in [6.07, 6.45) is 0. The van der Waals surface area contributed by atoms with Gasteiger partial charge in [-0.05, 0) is 32.9 Å². The van der Waals surface area contributed by atoms with Crippen molar-refractivity contribution in [2.75, 3.05) is 0 Å². The highest BCUT2D eigenvalue weighted by Gasteiger charge is 2.21. The number of carbonyl (C=O) groups excluding carboxylic acids is 1. The molecule has 0 saturated carbocycles. The van der Waals surface area contributed by atoms with Crippen LogP contribution < -0.4 is 10.5 Å². The number of ether oxygens (including phenoxy) is 1. The third-order valence-corrected chi connectivity index (χ3v) is 2.31. The molecule has 0 aliphatic rings. The van der Waals surface area contributed by atoms with Crippen LogP contribution in [0.15, 0.2) is 24.3 Å². The van der Waals surface area contributed by atoms with Crippen molar-refractivity contribution in [3.63, 3.8) is 0 Å². The molecule has 90 valence electrons. The lowest BCUT2D eigenvalue weighted by Crippen LogP contribution is -2.24. The lowest BCUT2D eigenvalue weighted by atomic mass is 10.1. The number of para-hydroxylation sites is 1. The van der Waals surface area contributed by atoms with E-state index in [4.69, 9.17) is 10.5 Å². The van der Waals surface area contributed by atoms with Crippen LogP contribution >= 0.6 is 0 Å². The number of nitrogens with two attached hydrogens (primary N) is 1. The lowest BCUT2D eigenvalue weighted by molar-refractivity contribution is 0.0975. The molecule has 3 N–H and O–H groups in total. The Morgan fingerprint density at radius 1 is 1.29 bits per heavy atom. The second-order valence-corrected chi connectivity index (χ2v) is 4.95. The summed E-state index contributed by atoms with van der Waals surface area (Å²) >= 11 is 0. The van der Waals surface area contributed by atoms with Gasteiger partial charge in [-0.15, -0.1) is 0 Å². The summed E-state index contributed by atoms with van der Waals surface area (Å²) in [6, 6.07) is 7.58. The first-order valence-corrected chi connectivity index (χ1v) is 5.48. The van der Waals surface area contributed by atoms with E-state index in [0.717, 1.165) is 10.9 Å². The number of primary amides is 1. The van der Waals surface area contributed by atoms with Gasteiger partial charge < -0.3 is 15.5 Å². The Hall–Kier alpha value is -1.97. The van der Waals surface area contributed by atoms with Crippen molar-refractivity contribution in [3.8, 4) is 5.75 Å². The maximum atomic E-state index is 11.4. The van der Waals surface area contributed by atoms with Gasteiger partial charge in [0.2, 0.25) is 0 Å². The van der Waals surface area contributed by atoms with Crippen LogP contribution in [0.2, 0.25) is 0 Å². The first-order valence-electron chi connectivity index (χ1n) is 5.48. The molecule has 0 fully saturated rings. The number of rotatable bonds is 2. The maximum absolute atomic E-state index is 11.4. The summed E-state index contributed by atoms with van der Waals surface area (Å²) in [5.74, 6) is 0.0149. The van der Waals surface area contributed by atoms with Crippen LogP contribution in [0.3, 0.4) is 0 Å². The van der Waals surface area contributed by atoms with Gasteiger partial charge in [0.15, 0.2) is 5.75 Å². The van der Waals surface area contributed by atoms with Crippen molar-refractivity contribution in [3.05, 3.63) is 30.0 Å². The molecule has 0 aliphatic heterocycles. The molecule has 0 aliphatic carbocycles. The number of hydrogen-bond donors (Lipinski definition) is 2. The molecule has 2 aromatic rings. The second kappa shape index (κ2) is 3.80.